The number of carbonyl (C=O) groups is 1. The molecule has 1 aromatic heterocycles. The SMILES string of the molecule is CN(C)CCCNC(=O)c1cncc(N2CCCCCC2)c1. The van der Waals surface area contributed by atoms with Crippen LogP contribution in [0.25, 0.3) is 0 Å². The predicted octanol–water partition coefficient (Wildman–Crippen LogP) is 2.14. The largest absolute Gasteiger partial charge is 0.370 e. The first-order valence-corrected chi connectivity index (χ1v) is 8.30. The standard InChI is InChI=1S/C17H28N4O/c1-20(2)9-7-8-19-17(22)15-12-16(14-18-13-15)21-10-5-3-4-6-11-21/h12-14H,3-11H2,1-2H3,(H,19,22). The number of rotatable bonds is 6. The van der Waals surface area contributed by atoms with E-state index in [1.54, 1.807) is 6.20 Å². The third kappa shape index (κ3) is 5.30. The zero-order valence-electron chi connectivity index (χ0n) is 13.8. The summed E-state index contributed by atoms with van der Waals surface area (Å²) in [5.74, 6) is -0.0251. The van der Waals surface area contributed by atoms with E-state index in [1.807, 2.05) is 26.4 Å². The van der Waals surface area contributed by atoms with E-state index in [0.29, 0.717) is 12.1 Å². The third-order valence-electron chi connectivity index (χ3n) is 4.02. The molecule has 22 heavy (non-hydrogen) atoms. The lowest BCUT2D eigenvalue weighted by atomic mass is 10.2. The molecular formula is C17H28N4O. The van der Waals surface area contributed by atoms with Gasteiger partial charge in [0, 0.05) is 25.8 Å². The van der Waals surface area contributed by atoms with Crippen molar-refractivity contribution in [2.24, 2.45) is 0 Å². The molecule has 1 aliphatic heterocycles. The van der Waals surface area contributed by atoms with Crippen LogP contribution in [0.15, 0.2) is 18.5 Å². The molecule has 2 rings (SSSR count). The predicted molar refractivity (Wildman–Crippen MR) is 90.4 cm³/mol. The van der Waals surface area contributed by atoms with Crippen LogP contribution in [0.1, 0.15) is 42.5 Å². The molecule has 0 atom stereocenters. The second kappa shape index (κ2) is 8.73. The second-order valence-corrected chi connectivity index (χ2v) is 6.25. The monoisotopic (exact) mass is 304 g/mol. The minimum absolute atomic E-state index is 0.0251. The van der Waals surface area contributed by atoms with Gasteiger partial charge in [-0.2, -0.15) is 0 Å². The van der Waals surface area contributed by atoms with Crippen molar-refractivity contribution in [2.45, 2.75) is 32.1 Å². The van der Waals surface area contributed by atoms with Gasteiger partial charge in [-0.25, -0.2) is 0 Å². The van der Waals surface area contributed by atoms with Crippen molar-refractivity contribution in [3.8, 4) is 0 Å². The van der Waals surface area contributed by atoms with E-state index in [1.165, 1.54) is 25.7 Å². The zero-order valence-corrected chi connectivity index (χ0v) is 13.8. The van der Waals surface area contributed by atoms with Crippen molar-refractivity contribution in [3.05, 3.63) is 24.0 Å². The number of carbonyl (C=O) groups excluding carboxylic acids is 1. The first-order chi connectivity index (χ1) is 10.7. The summed E-state index contributed by atoms with van der Waals surface area (Å²) in [5, 5.41) is 2.97. The van der Waals surface area contributed by atoms with E-state index < -0.39 is 0 Å². The molecule has 1 amide bonds. The fourth-order valence-electron chi connectivity index (χ4n) is 2.75. The first kappa shape index (κ1) is 16.7. The highest BCUT2D eigenvalue weighted by Crippen LogP contribution is 2.19. The Balaban J connectivity index is 1.90. The molecule has 0 unspecified atom stereocenters. The maximum absolute atomic E-state index is 12.2. The average molecular weight is 304 g/mol. The van der Waals surface area contributed by atoms with Crippen LogP contribution in [-0.4, -0.2) is 56.1 Å². The van der Waals surface area contributed by atoms with E-state index >= 15 is 0 Å². The van der Waals surface area contributed by atoms with Gasteiger partial charge in [0.1, 0.15) is 0 Å². The Morgan fingerprint density at radius 1 is 1.23 bits per heavy atom. The van der Waals surface area contributed by atoms with Crippen LogP contribution in [0.5, 0.6) is 0 Å². The second-order valence-electron chi connectivity index (χ2n) is 6.25. The molecule has 0 saturated carbocycles. The van der Waals surface area contributed by atoms with E-state index in [-0.39, 0.29) is 5.91 Å². The lowest BCUT2D eigenvalue weighted by Gasteiger charge is -2.22. The smallest absolute Gasteiger partial charge is 0.252 e. The molecule has 122 valence electrons. The summed E-state index contributed by atoms with van der Waals surface area (Å²) in [7, 11) is 4.08. The normalized spacial score (nSPS) is 15.7. The quantitative estimate of drug-likeness (QED) is 0.818. The van der Waals surface area contributed by atoms with Crippen molar-refractivity contribution in [1.29, 1.82) is 0 Å². The van der Waals surface area contributed by atoms with Gasteiger partial charge >= 0.3 is 0 Å². The Morgan fingerprint density at radius 3 is 2.64 bits per heavy atom. The Morgan fingerprint density at radius 2 is 1.95 bits per heavy atom. The van der Waals surface area contributed by atoms with Crippen LogP contribution in [0.4, 0.5) is 5.69 Å². The molecule has 0 aliphatic carbocycles. The summed E-state index contributed by atoms with van der Waals surface area (Å²) < 4.78 is 0. The van der Waals surface area contributed by atoms with Gasteiger partial charge < -0.3 is 15.1 Å². The molecule has 2 heterocycles. The summed E-state index contributed by atoms with van der Waals surface area (Å²) in [5.41, 5.74) is 1.73. The van der Waals surface area contributed by atoms with Crippen molar-refractivity contribution in [2.75, 3.05) is 45.2 Å². The summed E-state index contributed by atoms with van der Waals surface area (Å²) in [4.78, 5) is 20.9. The summed E-state index contributed by atoms with van der Waals surface area (Å²) in [6.45, 7) is 3.81. The molecule has 0 radical (unpaired) electrons. The topological polar surface area (TPSA) is 48.5 Å². The first-order valence-electron chi connectivity index (χ1n) is 8.30. The van der Waals surface area contributed by atoms with Crippen molar-refractivity contribution in [1.82, 2.24) is 15.2 Å². The summed E-state index contributed by atoms with van der Waals surface area (Å²) in [6, 6.07) is 1.97. The lowest BCUT2D eigenvalue weighted by molar-refractivity contribution is 0.0952. The molecule has 0 bridgehead atoms. The molecular weight excluding hydrogens is 276 g/mol. The van der Waals surface area contributed by atoms with Crippen LogP contribution in [0.3, 0.4) is 0 Å². The number of hydrogen-bond donors (Lipinski definition) is 1. The van der Waals surface area contributed by atoms with E-state index in [0.717, 1.165) is 31.7 Å². The fourth-order valence-corrected chi connectivity index (χ4v) is 2.75. The van der Waals surface area contributed by atoms with Crippen molar-refractivity contribution < 1.29 is 4.79 Å². The van der Waals surface area contributed by atoms with Crippen LogP contribution < -0.4 is 10.2 Å². The molecule has 1 fully saturated rings. The molecule has 0 spiro atoms. The van der Waals surface area contributed by atoms with Gasteiger partial charge in [0.15, 0.2) is 0 Å². The molecule has 1 aliphatic rings. The van der Waals surface area contributed by atoms with E-state index in [2.05, 4.69) is 20.1 Å². The zero-order chi connectivity index (χ0) is 15.8. The molecule has 5 nitrogen and oxygen atoms in total. The third-order valence-corrected chi connectivity index (χ3v) is 4.02. The van der Waals surface area contributed by atoms with Gasteiger partial charge in [-0.05, 0) is 46.0 Å². The van der Waals surface area contributed by atoms with Gasteiger partial charge in [-0.1, -0.05) is 12.8 Å². The van der Waals surface area contributed by atoms with Crippen LogP contribution in [-0.2, 0) is 0 Å². The van der Waals surface area contributed by atoms with Crippen molar-refractivity contribution >= 4 is 11.6 Å². The Hall–Kier alpha value is -1.62. The van der Waals surface area contributed by atoms with Crippen molar-refractivity contribution in [3.63, 3.8) is 0 Å². The number of nitrogens with one attached hydrogen (secondary N) is 1. The lowest BCUT2D eigenvalue weighted by Crippen LogP contribution is -2.28. The highest BCUT2D eigenvalue weighted by molar-refractivity contribution is 5.94. The van der Waals surface area contributed by atoms with Gasteiger partial charge in [0.2, 0.25) is 0 Å². The maximum Gasteiger partial charge on any atom is 0.252 e. The average Bonchev–Trinajstić information content (AvgIpc) is 2.80. The van der Waals surface area contributed by atoms with Gasteiger partial charge in [-0.15, -0.1) is 0 Å². The van der Waals surface area contributed by atoms with Crippen LogP contribution >= 0.6 is 0 Å². The minimum atomic E-state index is -0.0251. The van der Waals surface area contributed by atoms with Gasteiger partial charge in [0.05, 0.1) is 17.4 Å². The number of aromatic nitrogens is 1. The Bertz CT molecular complexity index is 467. The van der Waals surface area contributed by atoms with Crippen LogP contribution in [0, 0.1) is 0 Å². The number of nitrogens with zero attached hydrogens (tertiary/aromatic N) is 3. The summed E-state index contributed by atoms with van der Waals surface area (Å²) >= 11 is 0. The Kier molecular flexibility index (Phi) is 6.65. The van der Waals surface area contributed by atoms with Gasteiger partial charge in [0.25, 0.3) is 5.91 Å². The Labute approximate surface area is 133 Å². The minimum Gasteiger partial charge on any atom is -0.370 e. The number of hydrogen-bond acceptors (Lipinski definition) is 4. The molecule has 1 N–H and O–H groups in total. The molecule has 5 heteroatoms. The van der Waals surface area contributed by atoms with Crippen LogP contribution in [0.2, 0.25) is 0 Å². The van der Waals surface area contributed by atoms with E-state index in [9.17, 15) is 4.79 Å². The highest BCUT2D eigenvalue weighted by Gasteiger charge is 2.13. The highest BCUT2D eigenvalue weighted by atomic mass is 16.1. The number of pyridine rings is 1. The summed E-state index contributed by atoms with van der Waals surface area (Å²) in [6.07, 6.45) is 9.53. The maximum atomic E-state index is 12.2. The number of anilines is 1. The van der Waals surface area contributed by atoms with Gasteiger partial charge in [-0.3, -0.25) is 9.78 Å². The molecule has 1 aromatic rings. The molecule has 1 saturated heterocycles. The number of amides is 1. The fraction of sp³-hybridized carbons (Fsp3) is 0.647. The molecule has 0 aromatic carbocycles. The van der Waals surface area contributed by atoms with E-state index in [4.69, 9.17) is 0 Å².